The van der Waals surface area contributed by atoms with E-state index in [1.165, 1.54) is 0 Å². The van der Waals surface area contributed by atoms with E-state index in [-0.39, 0.29) is 6.10 Å². The average molecular weight is 336 g/mol. The summed E-state index contributed by atoms with van der Waals surface area (Å²) in [6.07, 6.45) is 1.56. The minimum Gasteiger partial charge on any atom is -0.492 e. The Morgan fingerprint density at radius 1 is 1.20 bits per heavy atom. The largest absolute Gasteiger partial charge is 0.492 e. The lowest BCUT2D eigenvalue weighted by Crippen LogP contribution is -2.24. The number of aliphatic hydroxyl groups excluding tert-OH is 1. The van der Waals surface area contributed by atoms with Crippen LogP contribution in [0, 0.1) is 18.3 Å². The fraction of sp³-hybridized carbons (Fsp3) is 0.381. The van der Waals surface area contributed by atoms with Gasteiger partial charge in [0.25, 0.3) is 0 Å². The summed E-state index contributed by atoms with van der Waals surface area (Å²) in [6.45, 7) is 5.24. The summed E-state index contributed by atoms with van der Waals surface area (Å²) in [5.41, 5.74) is 3.72. The van der Waals surface area contributed by atoms with Crippen LogP contribution in [0.4, 0.5) is 0 Å². The third kappa shape index (κ3) is 4.19. The summed E-state index contributed by atoms with van der Waals surface area (Å²) >= 11 is 0. The number of β-amino-alcohol motifs (C(OH)–C–C–N with tert-alkyl or cyclic N) is 1. The predicted molar refractivity (Wildman–Crippen MR) is 98.5 cm³/mol. The van der Waals surface area contributed by atoms with Crippen LogP contribution < -0.4 is 4.74 Å². The van der Waals surface area contributed by atoms with E-state index in [2.05, 4.69) is 24.0 Å². The molecule has 4 nitrogen and oxygen atoms in total. The Morgan fingerprint density at radius 2 is 2.00 bits per heavy atom. The molecule has 1 aliphatic rings. The maximum atomic E-state index is 9.64. The molecule has 1 fully saturated rings. The predicted octanol–water partition coefficient (Wildman–Crippen LogP) is 3.37. The lowest BCUT2D eigenvalue weighted by molar-refractivity contribution is 0.173. The average Bonchev–Trinajstić information content (AvgIpc) is 3.04. The van der Waals surface area contributed by atoms with Crippen molar-refractivity contribution in [3.05, 3.63) is 53.6 Å². The van der Waals surface area contributed by atoms with E-state index < -0.39 is 0 Å². The lowest BCUT2D eigenvalue weighted by Gasteiger charge is -2.16. The smallest absolute Gasteiger partial charge is 0.137 e. The van der Waals surface area contributed by atoms with Gasteiger partial charge in [-0.15, -0.1) is 0 Å². The first-order valence-electron chi connectivity index (χ1n) is 8.81. The van der Waals surface area contributed by atoms with Gasteiger partial charge in [0.1, 0.15) is 17.4 Å². The van der Waals surface area contributed by atoms with Crippen LogP contribution >= 0.6 is 0 Å². The quantitative estimate of drug-likeness (QED) is 0.822. The normalized spacial score (nSPS) is 17.4. The maximum absolute atomic E-state index is 9.64. The monoisotopic (exact) mass is 336 g/mol. The zero-order chi connectivity index (χ0) is 17.6. The highest BCUT2D eigenvalue weighted by Gasteiger charge is 2.19. The van der Waals surface area contributed by atoms with Crippen molar-refractivity contribution in [2.24, 2.45) is 0 Å². The van der Waals surface area contributed by atoms with Gasteiger partial charge >= 0.3 is 0 Å². The van der Waals surface area contributed by atoms with Crippen molar-refractivity contribution in [2.75, 3.05) is 26.2 Å². The molecule has 0 saturated carbocycles. The second kappa shape index (κ2) is 8.15. The molecule has 3 rings (SSSR count). The van der Waals surface area contributed by atoms with E-state index in [0.29, 0.717) is 17.9 Å². The Kier molecular flexibility index (Phi) is 5.70. The van der Waals surface area contributed by atoms with E-state index in [9.17, 15) is 10.4 Å². The van der Waals surface area contributed by atoms with E-state index in [1.807, 2.05) is 36.4 Å². The molecule has 1 heterocycles. The highest BCUT2D eigenvalue weighted by Crippen LogP contribution is 2.32. The number of rotatable bonds is 6. The van der Waals surface area contributed by atoms with Gasteiger partial charge in [-0.25, -0.2) is 0 Å². The molecule has 2 aromatic carbocycles. The van der Waals surface area contributed by atoms with Crippen molar-refractivity contribution in [1.29, 1.82) is 5.26 Å². The number of hydrogen-bond donors (Lipinski definition) is 1. The molecule has 0 aromatic heterocycles. The van der Waals surface area contributed by atoms with Gasteiger partial charge in [0.15, 0.2) is 0 Å². The van der Waals surface area contributed by atoms with Gasteiger partial charge in [-0.1, -0.05) is 36.4 Å². The first kappa shape index (κ1) is 17.5. The summed E-state index contributed by atoms with van der Waals surface area (Å²) in [4.78, 5) is 2.25. The van der Waals surface area contributed by atoms with Gasteiger partial charge < -0.3 is 14.7 Å². The molecular weight excluding hydrogens is 312 g/mol. The molecule has 1 unspecified atom stereocenters. The topological polar surface area (TPSA) is 56.5 Å². The van der Waals surface area contributed by atoms with E-state index in [0.717, 1.165) is 49.2 Å². The highest BCUT2D eigenvalue weighted by molar-refractivity contribution is 5.75. The van der Waals surface area contributed by atoms with Crippen LogP contribution in [0.2, 0.25) is 0 Å². The summed E-state index contributed by atoms with van der Waals surface area (Å²) in [5, 5.41) is 19.2. The summed E-state index contributed by atoms with van der Waals surface area (Å²) in [5.74, 6) is 0.643. The van der Waals surface area contributed by atoms with Crippen LogP contribution in [0.5, 0.6) is 5.75 Å². The van der Waals surface area contributed by atoms with Gasteiger partial charge in [-0.05, 0) is 37.0 Å². The van der Waals surface area contributed by atoms with Crippen molar-refractivity contribution in [1.82, 2.24) is 4.90 Å². The third-order valence-corrected chi connectivity index (χ3v) is 4.70. The summed E-state index contributed by atoms with van der Waals surface area (Å²) < 4.78 is 5.91. The molecule has 0 amide bonds. The highest BCUT2D eigenvalue weighted by atomic mass is 16.5. The van der Waals surface area contributed by atoms with Crippen LogP contribution in [0.15, 0.2) is 42.5 Å². The molecule has 1 saturated heterocycles. The fourth-order valence-corrected chi connectivity index (χ4v) is 3.35. The molecular formula is C21H24N2O2. The SMILES string of the molecule is Cc1ccccc1-c1cccc(OCCCN2CCC(O)C2)c1C#N. The Bertz CT molecular complexity index is 767. The molecule has 2 aromatic rings. The third-order valence-electron chi connectivity index (χ3n) is 4.70. The number of likely N-dealkylation sites (tertiary alicyclic amines) is 1. The minimum atomic E-state index is -0.183. The molecule has 0 bridgehead atoms. The molecule has 4 heteroatoms. The van der Waals surface area contributed by atoms with Crippen LogP contribution in [0.3, 0.4) is 0 Å². The Labute approximate surface area is 149 Å². The van der Waals surface area contributed by atoms with Crippen molar-refractivity contribution in [3.8, 4) is 22.9 Å². The Hall–Kier alpha value is -2.35. The van der Waals surface area contributed by atoms with E-state index in [4.69, 9.17) is 4.74 Å². The van der Waals surface area contributed by atoms with Gasteiger partial charge in [0, 0.05) is 25.2 Å². The van der Waals surface area contributed by atoms with Gasteiger partial charge in [0.05, 0.1) is 12.7 Å². The number of aryl methyl sites for hydroxylation is 1. The molecule has 130 valence electrons. The second-order valence-corrected chi connectivity index (χ2v) is 6.55. The van der Waals surface area contributed by atoms with Gasteiger partial charge in [-0.2, -0.15) is 5.26 Å². The molecule has 1 aliphatic heterocycles. The zero-order valence-corrected chi connectivity index (χ0v) is 14.6. The maximum Gasteiger partial charge on any atom is 0.137 e. The van der Waals surface area contributed by atoms with Crippen LogP contribution in [-0.4, -0.2) is 42.4 Å². The van der Waals surface area contributed by atoms with Crippen molar-refractivity contribution >= 4 is 0 Å². The van der Waals surface area contributed by atoms with Crippen molar-refractivity contribution in [3.63, 3.8) is 0 Å². The van der Waals surface area contributed by atoms with Crippen LogP contribution in [-0.2, 0) is 0 Å². The number of ether oxygens (including phenoxy) is 1. The van der Waals surface area contributed by atoms with Gasteiger partial charge in [0.2, 0.25) is 0 Å². The second-order valence-electron chi connectivity index (χ2n) is 6.55. The van der Waals surface area contributed by atoms with E-state index >= 15 is 0 Å². The number of hydrogen-bond acceptors (Lipinski definition) is 4. The Balaban J connectivity index is 1.67. The summed E-state index contributed by atoms with van der Waals surface area (Å²) in [6, 6.07) is 16.2. The minimum absolute atomic E-state index is 0.183. The Morgan fingerprint density at radius 3 is 2.72 bits per heavy atom. The molecule has 0 aliphatic carbocycles. The molecule has 1 N–H and O–H groups in total. The first-order chi connectivity index (χ1) is 12.2. The van der Waals surface area contributed by atoms with Crippen molar-refractivity contribution < 1.29 is 9.84 Å². The molecule has 0 spiro atoms. The van der Waals surface area contributed by atoms with Crippen molar-refractivity contribution in [2.45, 2.75) is 25.9 Å². The standard InChI is InChI=1S/C21H24N2O2/c1-16-6-2-3-7-18(16)19-8-4-9-21(20(19)14-22)25-13-5-11-23-12-10-17(24)15-23/h2-4,6-9,17,24H,5,10-13,15H2,1H3. The number of nitrogens with zero attached hydrogens (tertiary/aromatic N) is 2. The number of nitriles is 1. The summed E-state index contributed by atoms with van der Waals surface area (Å²) in [7, 11) is 0. The molecule has 25 heavy (non-hydrogen) atoms. The lowest BCUT2D eigenvalue weighted by atomic mass is 9.96. The first-order valence-corrected chi connectivity index (χ1v) is 8.81. The number of aliphatic hydroxyl groups is 1. The van der Waals surface area contributed by atoms with Gasteiger partial charge in [-0.3, -0.25) is 0 Å². The fourth-order valence-electron chi connectivity index (χ4n) is 3.35. The van der Waals surface area contributed by atoms with E-state index in [1.54, 1.807) is 0 Å². The molecule has 1 atom stereocenters. The molecule has 0 radical (unpaired) electrons. The van der Waals surface area contributed by atoms with Crippen LogP contribution in [0.1, 0.15) is 24.0 Å². The zero-order valence-electron chi connectivity index (χ0n) is 14.6. The number of benzene rings is 2. The van der Waals surface area contributed by atoms with Crippen LogP contribution in [0.25, 0.3) is 11.1 Å².